The monoisotopic (exact) mass is 185 g/mol. The minimum atomic E-state index is -0.708. The molecule has 0 aliphatic carbocycles. The van der Waals surface area contributed by atoms with Gasteiger partial charge in [-0.3, -0.25) is 10.6 Å². The predicted octanol–water partition coefficient (Wildman–Crippen LogP) is 1.48. The average molecular weight is 185 g/mol. The van der Waals surface area contributed by atoms with Crippen molar-refractivity contribution < 1.29 is 14.0 Å². The molecule has 1 aromatic carbocycles. The average Bonchev–Trinajstić information content (AvgIpc) is 2.02. The Labute approximate surface area is 73.5 Å². The van der Waals surface area contributed by atoms with Gasteiger partial charge in [-0.05, 0) is 17.7 Å². The molecule has 13 heavy (non-hydrogen) atoms. The van der Waals surface area contributed by atoms with Gasteiger partial charge in [0, 0.05) is 12.5 Å². The molecule has 2 N–H and O–H groups in total. The largest absolute Gasteiger partial charge is 0.284 e. The number of nitrogens with one attached hydrogen (secondary N) is 1. The molecule has 0 saturated heterocycles. The van der Waals surface area contributed by atoms with Crippen molar-refractivity contribution >= 4 is 5.84 Å². The fraction of sp³-hybridized carbons (Fsp3) is 0.125. The van der Waals surface area contributed by atoms with Crippen LogP contribution in [0.2, 0.25) is 0 Å². The molecule has 0 aliphatic rings. The molecule has 0 atom stereocenters. The summed E-state index contributed by atoms with van der Waals surface area (Å²) in [6, 6.07) is 2.91. The third-order valence-corrected chi connectivity index (χ3v) is 1.41. The second-order valence-electron chi connectivity index (χ2n) is 2.50. The summed E-state index contributed by atoms with van der Waals surface area (Å²) in [4.78, 5) is 0. The Kier molecular flexibility index (Phi) is 2.92. The Morgan fingerprint density at radius 1 is 1.31 bits per heavy atom. The number of rotatable bonds is 2. The minimum absolute atomic E-state index is 0.0921. The maximum absolute atomic E-state index is 12.6. The maximum Gasteiger partial charge on any atom is 0.152 e. The second-order valence-corrected chi connectivity index (χ2v) is 2.50. The Balaban J connectivity index is 2.83. The van der Waals surface area contributed by atoms with Gasteiger partial charge in [0.2, 0.25) is 0 Å². The van der Waals surface area contributed by atoms with Gasteiger partial charge in [-0.2, -0.15) is 0 Å². The van der Waals surface area contributed by atoms with E-state index in [-0.39, 0.29) is 17.8 Å². The van der Waals surface area contributed by atoms with E-state index in [1.165, 1.54) is 0 Å². The van der Waals surface area contributed by atoms with Gasteiger partial charge in [0.15, 0.2) is 5.84 Å². The Hall–Kier alpha value is -1.49. The van der Waals surface area contributed by atoms with E-state index in [9.17, 15) is 8.78 Å². The topological polar surface area (TPSA) is 58.2 Å². The molecule has 69 valence electrons. The fourth-order valence-electron chi connectivity index (χ4n) is 0.942. The van der Waals surface area contributed by atoms with Crippen molar-refractivity contribution in [3.8, 4) is 0 Å². The normalized spacial score (nSPS) is 9.77. The number of hydrogen-bond donors (Lipinski definition) is 2. The summed E-state index contributed by atoms with van der Waals surface area (Å²) in [5, 5.41) is 15.1. The molecule has 0 saturated carbocycles. The lowest BCUT2D eigenvalue weighted by molar-refractivity contribution is 0.221. The van der Waals surface area contributed by atoms with Crippen molar-refractivity contribution in [3.05, 3.63) is 35.4 Å². The summed E-state index contributed by atoms with van der Waals surface area (Å²) in [6.07, 6.45) is -0.0921. The van der Waals surface area contributed by atoms with Crippen LogP contribution in [0.15, 0.2) is 18.2 Å². The molecule has 5 heteroatoms. The molecule has 0 unspecified atom stereocenters. The van der Waals surface area contributed by atoms with Crippen LogP contribution in [0.25, 0.3) is 0 Å². The summed E-state index contributed by atoms with van der Waals surface area (Å²) in [7, 11) is 0. The smallest absolute Gasteiger partial charge is 0.152 e. The Morgan fingerprint density at radius 2 is 1.85 bits per heavy atom. The van der Waals surface area contributed by atoms with E-state index in [1.54, 1.807) is 0 Å². The zero-order valence-electron chi connectivity index (χ0n) is 6.59. The van der Waals surface area contributed by atoms with Crippen LogP contribution in [0.3, 0.4) is 0 Å². The van der Waals surface area contributed by atoms with Crippen LogP contribution in [0.1, 0.15) is 5.56 Å². The zero-order valence-corrected chi connectivity index (χ0v) is 6.59. The van der Waals surface area contributed by atoms with Gasteiger partial charge in [-0.15, -0.1) is 5.48 Å². The van der Waals surface area contributed by atoms with E-state index in [4.69, 9.17) is 10.6 Å². The highest BCUT2D eigenvalue weighted by atomic mass is 19.1. The van der Waals surface area contributed by atoms with Crippen LogP contribution in [0.4, 0.5) is 8.78 Å². The fourth-order valence-corrected chi connectivity index (χ4v) is 0.942. The summed E-state index contributed by atoms with van der Waals surface area (Å²) >= 11 is 0. The first-order valence-electron chi connectivity index (χ1n) is 3.49. The molecule has 0 fully saturated rings. The summed E-state index contributed by atoms with van der Waals surface area (Å²) < 4.78 is 25.2. The zero-order chi connectivity index (χ0) is 9.84. The number of halogens is 2. The lowest BCUT2D eigenvalue weighted by atomic mass is 10.1. The number of benzene rings is 1. The molecule has 0 aromatic heterocycles. The van der Waals surface area contributed by atoms with Gasteiger partial charge in [0.1, 0.15) is 11.6 Å². The van der Waals surface area contributed by atoms with Crippen molar-refractivity contribution in [2.45, 2.75) is 6.42 Å². The molecule has 0 amide bonds. The molecule has 1 aromatic rings. The number of hydroxylamine groups is 1. The lowest BCUT2D eigenvalue weighted by Gasteiger charge is -2.00. The molecule has 1 rings (SSSR count). The second kappa shape index (κ2) is 3.95. The van der Waals surface area contributed by atoms with E-state index >= 15 is 0 Å². The summed E-state index contributed by atoms with van der Waals surface area (Å²) in [5.41, 5.74) is 2.85. The first kappa shape index (κ1) is 9.60. The van der Waals surface area contributed by atoms with Gasteiger partial charge in [0.25, 0.3) is 0 Å². The molecular formula is C8H7F2N2O. The van der Waals surface area contributed by atoms with E-state index < -0.39 is 11.6 Å². The quantitative estimate of drug-likeness (QED) is 0.409. The van der Waals surface area contributed by atoms with E-state index in [2.05, 4.69) is 5.48 Å². The summed E-state index contributed by atoms with van der Waals surface area (Å²) in [5.74, 6) is -1.76. The standard InChI is InChI=1S/C8H7F2N2O/c9-6-1-5(2-7(10)4-6)3-8(11)12-13/h1-2,4,11,13H,3H2. The molecule has 0 heterocycles. The van der Waals surface area contributed by atoms with Crippen LogP contribution in [0.5, 0.6) is 0 Å². The van der Waals surface area contributed by atoms with Crippen molar-refractivity contribution in [1.29, 1.82) is 5.41 Å². The van der Waals surface area contributed by atoms with Crippen LogP contribution in [-0.4, -0.2) is 11.0 Å². The highest BCUT2D eigenvalue weighted by Crippen LogP contribution is 2.08. The van der Waals surface area contributed by atoms with Crippen LogP contribution in [0, 0.1) is 17.0 Å². The van der Waals surface area contributed by atoms with Crippen LogP contribution >= 0.6 is 0 Å². The van der Waals surface area contributed by atoms with Gasteiger partial charge >= 0.3 is 0 Å². The number of nitrogens with zero attached hydrogens (tertiary/aromatic N) is 1. The number of hydrogen-bond acceptors (Lipinski definition) is 2. The van der Waals surface area contributed by atoms with Gasteiger partial charge < -0.3 is 0 Å². The minimum Gasteiger partial charge on any atom is -0.284 e. The molecule has 0 spiro atoms. The van der Waals surface area contributed by atoms with Gasteiger partial charge in [-0.1, -0.05) is 0 Å². The summed E-state index contributed by atoms with van der Waals surface area (Å²) in [6.45, 7) is 0. The Morgan fingerprint density at radius 3 is 2.31 bits per heavy atom. The predicted molar refractivity (Wildman–Crippen MR) is 41.7 cm³/mol. The SMILES string of the molecule is N=C(Cc1cc(F)cc(F)c1)[N]O. The molecular weight excluding hydrogens is 178 g/mol. The molecule has 0 aliphatic heterocycles. The first-order chi connectivity index (χ1) is 6.11. The molecule has 3 nitrogen and oxygen atoms in total. The van der Waals surface area contributed by atoms with Crippen molar-refractivity contribution in [2.24, 2.45) is 0 Å². The van der Waals surface area contributed by atoms with Crippen molar-refractivity contribution in [2.75, 3.05) is 0 Å². The van der Waals surface area contributed by atoms with E-state index in [1.807, 2.05) is 0 Å². The van der Waals surface area contributed by atoms with E-state index in [0.717, 1.165) is 18.2 Å². The third kappa shape index (κ3) is 2.79. The van der Waals surface area contributed by atoms with Crippen molar-refractivity contribution in [1.82, 2.24) is 5.48 Å². The van der Waals surface area contributed by atoms with Crippen LogP contribution in [-0.2, 0) is 6.42 Å². The van der Waals surface area contributed by atoms with Gasteiger partial charge in [0.05, 0.1) is 0 Å². The lowest BCUT2D eigenvalue weighted by Crippen LogP contribution is -2.13. The first-order valence-corrected chi connectivity index (χ1v) is 3.49. The highest BCUT2D eigenvalue weighted by molar-refractivity contribution is 5.79. The molecule has 1 radical (unpaired) electrons. The van der Waals surface area contributed by atoms with E-state index in [0.29, 0.717) is 0 Å². The maximum atomic E-state index is 12.6. The van der Waals surface area contributed by atoms with Crippen LogP contribution < -0.4 is 5.48 Å². The van der Waals surface area contributed by atoms with Crippen molar-refractivity contribution in [3.63, 3.8) is 0 Å². The van der Waals surface area contributed by atoms with Gasteiger partial charge in [-0.25, -0.2) is 8.78 Å². The third-order valence-electron chi connectivity index (χ3n) is 1.41. The molecule has 0 bridgehead atoms. The Bertz CT molecular complexity index is 308. The highest BCUT2D eigenvalue weighted by Gasteiger charge is 2.03. The number of amidine groups is 1.